The molecule has 3 nitrogen and oxygen atoms in total. The van der Waals surface area contributed by atoms with E-state index in [-0.39, 0.29) is 5.78 Å². The van der Waals surface area contributed by atoms with Gasteiger partial charge in [0.05, 0.1) is 17.7 Å². The zero-order valence-corrected chi connectivity index (χ0v) is 13.5. The van der Waals surface area contributed by atoms with E-state index in [4.69, 9.17) is 16.3 Å². The molecule has 1 atom stereocenters. The minimum atomic E-state index is -0.859. The molecule has 5 heteroatoms. The summed E-state index contributed by atoms with van der Waals surface area (Å²) < 4.78 is 5.80. The van der Waals surface area contributed by atoms with Crippen molar-refractivity contribution in [3.8, 4) is 11.8 Å². The van der Waals surface area contributed by atoms with E-state index in [1.807, 2.05) is 6.07 Å². The summed E-state index contributed by atoms with van der Waals surface area (Å²) in [5.74, 6) is -0.489. The number of hydrogen-bond acceptors (Lipinski definition) is 3. The SMILES string of the molecule is COc1ccc(C(=O)C(C#N)c2ccc(Cl)cc2)cc1Br. The minimum Gasteiger partial charge on any atom is -0.496 e. The van der Waals surface area contributed by atoms with E-state index in [2.05, 4.69) is 15.9 Å². The van der Waals surface area contributed by atoms with Crippen LogP contribution in [0.5, 0.6) is 5.75 Å². The summed E-state index contributed by atoms with van der Waals surface area (Å²) in [6.45, 7) is 0. The van der Waals surface area contributed by atoms with Crippen LogP contribution in [-0.4, -0.2) is 12.9 Å². The van der Waals surface area contributed by atoms with Crippen molar-refractivity contribution in [2.75, 3.05) is 7.11 Å². The van der Waals surface area contributed by atoms with Crippen LogP contribution in [-0.2, 0) is 0 Å². The van der Waals surface area contributed by atoms with Gasteiger partial charge in [-0.15, -0.1) is 0 Å². The quantitative estimate of drug-likeness (QED) is 0.745. The van der Waals surface area contributed by atoms with Crippen LogP contribution in [0.15, 0.2) is 46.9 Å². The molecule has 0 N–H and O–H groups in total. The first-order chi connectivity index (χ1) is 10.1. The lowest BCUT2D eigenvalue weighted by Crippen LogP contribution is -2.11. The summed E-state index contributed by atoms with van der Waals surface area (Å²) in [5.41, 5.74) is 1.07. The lowest BCUT2D eigenvalue weighted by atomic mass is 9.92. The Bertz CT molecular complexity index is 707. The van der Waals surface area contributed by atoms with Gasteiger partial charge < -0.3 is 4.74 Å². The minimum absolute atomic E-state index is 0.261. The Morgan fingerprint density at radius 3 is 2.48 bits per heavy atom. The van der Waals surface area contributed by atoms with Crippen molar-refractivity contribution in [1.29, 1.82) is 5.26 Å². The number of carbonyl (C=O) groups excluding carboxylic acids is 1. The summed E-state index contributed by atoms with van der Waals surface area (Å²) in [6, 6.07) is 13.7. The zero-order chi connectivity index (χ0) is 15.4. The Morgan fingerprint density at radius 1 is 1.29 bits per heavy atom. The molecule has 1 unspecified atom stereocenters. The van der Waals surface area contributed by atoms with Crippen LogP contribution in [0.2, 0.25) is 5.02 Å². The highest BCUT2D eigenvalue weighted by Crippen LogP contribution is 2.28. The Hall–Kier alpha value is -1.83. The average molecular weight is 365 g/mol. The molecule has 2 rings (SSSR count). The lowest BCUT2D eigenvalue weighted by Gasteiger charge is -2.10. The van der Waals surface area contributed by atoms with Gasteiger partial charge in [-0.25, -0.2) is 0 Å². The molecular formula is C16H11BrClNO2. The van der Waals surface area contributed by atoms with Crippen LogP contribution in [0.25, 0.3) is 0 Å². The molecule has 0 bridgehead atoms. The maximum absolute atomic E-state index is 12.5. The fourth-order valence-corrected chi connectivity index (χ4v) is 2.59. The van der Waals surface area contributed by atoms with Gasteiger partial charge in [0, 0.05) is 10.6 Å². The summed E-state index contributed by atoms with van der Waals surface area (Å²) in [5, 5.41) is 9.88. The van der Waals surface area contributed by atoms with Gasteiger partial charge in [0.25, 0.3) is 0 Å². The van der Waals surface area contributed by atoms with E-state index < -0.39 is 5.92 Å². The topological polar surface area (TPSA) is 50.1 Å². The van der Waals surface area contributed by atoms with Crippen molar-refractivity contribution in [3.63, 3.8) is 0 Å². The fourth-order valence-electron chi connectivity index (χ4n) is 1.93. The van der Waals surface area contributed by atoms with E-state index in [9.17, 15) is 10.1 Å². The third kappa shape index (κ3) is 3.44. The number of methoxy groups -OCH3 is 1. The van der Waals surface area contributed by atoms with Gasteiger partial charge in [-0.2, -0.15) is 5.26 Å². The monoisotopic (exact) mass is 363 g/mol. The van der Waals surface area contributed by atoms with Crippen molar-refractivity contribution in [1.82, 2.24) is 0 Å². The summed E-state index contributed by atoms with van der Waals surface area (Å²) in [7, 11) is 1.55. The molecule has 0 radical (unpaired) electrons. The Kier molecular flexibility index (Phi) is 5.00. The molecule has 21 heavy (non-hydrogen) atoms. The number of rotatable bonds is 4. The highest BCUT2D eigenvalue weighted by molar-refractivity contribution is 9.10. The predicted molar refractivity (Wildman–Crippen MR) is 84.8 cm³/mol. The third-order valence-electron chi connectivity index (χ3n) is 3.03. The normalized spacial score (nSPS) is 11.5. The maximum atomic E-state index is 12.5. The van der Waals surface area contributed by atoms with Crippen LogP contribution in [0.4, 0.5) is 0 Å². The van der Waals surface area contributed by atoms with Crippen LogP contribution in [0.1, 0.15) is 21.8 Å². The second-order valence-corrected chi connectivity index (χ2v) is 5.62. The molecule has 0 saturated heterocycles. The highest BCUT2D eigenvalue weighted by atomic mass is 79.9. The van der Waals surface area contributed by atoms with Crippen molar-refractivity contribution in [2.45, 2.75) is 5.92 Å². The predicted octanol–water partition coefficient (Wildman–Crippen LogP) is 4.60. The van der Waals surface area contributed by atoms with E-state index in [0.717, 1.165) is 0 Å². The number of nitrogens with zero attached hydrogens (tertiary/aromatic N) is 1. The highest BCUT2D eigenvalue weighted by Gasteiger charge is 2.22. The van der Waals surface area contributed by atoms with Crippen molar-refractivity contribution >= 4 is 33.3 Å². The second kappa shape index (κ2) is 6.75. The van der Waals surface area contributed by atoms with Gasteiger partial charge in [0.2, 0.25) is 0 Å². The molecule has 0 spiro atoms. The van der Waals surface area contributed by atoms with E-state index in [0.29, 0.717) is 26.4 Å². The number of halogens is 2. The smallest absolute Gasteiger partial charge is 0.184 e. The molecule has 0 aliphatic carbocycles. The van der Waals surface area contributed by atoms with Gasteiger partial charge in [-0.3, -0.25) is 4.79 Å². The zero-order valence-electron chi connectivity index (χ0n) is 11.1. The molecule has 0 amide bonds. The Balaban J connectivity index is 2.35. The largest absolute Gasteiger partial charge is 0.496 e. The van der Waals surface area contributed by atoms with Crippen LogP contribution in [0, 0.1) is 11.3 Å². The van der Waals surface area contributed by atoms with E-state index in [1.54, 1.807) is 49.6 Å². The van der Waals surface area contributed by atoms with E-state index in [1.165, 1.54) is 0 Å². The molecule has 0 aromatic heterocycles. The number of nitriles is 1. The third-order valence-corrected chi connectivity index (χ3v) is 3.90. The van der Waals surface area contributed by atoms with Gasteiger partial charge in [0.15, 0.2) is 5.78 Å². The van der Waals surface area contributed by atoms with Gasteiger partial charge in [0.1, 0.15) is 11.7 Å². The molecule has 2 aromatic rings. The molecule has 0 saturated carbocycles. The number of hydrogen-bond donors (Lipinski definition) is 0. The number of carbonyl (C=O) groups is 1. The standard InChI is InChI=1S/C16H11BrClNO2/c1-21-15-7-4-11(8-14(15)17)16(20)13(9-19)10-2-5-12(18)6-3-10/h2-8,13H,1H3. The van der Waals surface area contributed by atoms with Crippen LogP contribution >= 0.6 is 27.5 Å². The second-order valence-electron chi connectivity index (χ2n) is 4.33. The molecule has 2 aromatic carbocycles. The van der Waals surface area contributed by atoms with Crippen molar-refractivity contribution in [3.05, 3.63) is 63.1 Å². The first-order valence-corrected chi connectivity index (χ1v) is 7.26. The summed E-state index contributed by atoms with van der Waals surface area (Å²) in [4.78, 5) is 12.5. The molecule has 0 aliphatic heterocycles. The Morgan fingerprint density at radius 2 is 1.95 bits per heavy atom. The number of Topliss-reactive ketones (excluding diaryl/α,β-unsaturated/α-hetero) is 1. The van der Waals surface area contributed by atoms with Crippen molar-refractivity contribution < 1.29 is 9.53 Å². The molecule has 0 aliphatic rings. The van der Waals surface area contributed by atoms with Crippen LogP contribution < -0.4 is 4.74 Å². The fraction of sp³-hybridized carbons (Fsp3) is 0.125. The maximum Gasteiger partial charge on any atom is 0.184 e. The summed E-state index contributed by atoms with van der Waals surface area (Å²) >= 11 is 9.16. The van der Waals surface area contributed by atoms with Crippen molar-refractivity contribution in [2.24, 2.45) is 0 Å². The van der Waals surface area contributed by atoms with Gasteiger partial charge in [-0.05, 0) is 51.8 Å². The number of benzene rings is 2. The average Bonchev–Trinajstić information content (AvgIpc) is 2.49. The molecular weight excluding hydrogens is 354 g/mol. The lowest BCUT2D eigenvalue weighted by molar-refractivity contribution is 0.0979. The van der Waals surface area contributed by atoms with Gasteiger partial charge >= 0.3 is 0 Å². The van der Waals surface area contributed by atoms with Gasteiger partial charge in [-0.1, -0.05) is 23.7 Å². The summed E-state index contributed by atoms with van der Waals surface area (Å²) in [6.07, 6.45) is 0. The number of ether oxygens (including phenoxy) is 1. The number of ketones is 1. The Labute approximate surface area is 136 Å². The molecule has 0 heterocycles. The van der Waals surface area contributed by atoms with Crippen LogP contribution in [0.3, 0.4) is 0 Å². The molecule has 0 fully saturated rings. The first-order valence-electron chi connectivity index (χ1n) is 6.09. The first kappa shape index (κ1) is 15.6. The van der Waals surface area contributed by atoms with E-state index >= 15 is 0 Å². The molecule has 106 valence electrons.